The molecule has 3 heteroatoms. The minimum absolute atomic E-state index is 0.778. The van der Waals surface area contributed by atoms with E-state index in [1.54, 1.807) is 0 Å². The summed E-state index contributed by atoms with van der Waals surface area (Å²) in [6.45, 7) is 3.23. The average Bonchev–Trinajstić information content (AvgIpc) is 3.12. The number of thioether (sulfide) groups is 1. The molecule has 0 aromatic heterocycles. The van der Waals surface area contributed by atoms with Gasteiger partial charge in [0, 0.05) is 22.0 Å². The number of hydrogen-bond donors (Lipinski definition) is 1. The molecule has 1 aromatic carbocycles. The SMILES string of the molecule is CCCCSc1ccc(CNC2CC2)c(Br)c1. The summed E-state index contributed by atoms with van der Waals surface area (Å²) in [5.41, 5.74) is 1.37. The highest BCUT2D eigenvalue weighted by Gasteiger charge is 2.20. The molecule has 0 aliphatic heterocycles. The van der Waals surface area contributed by atoms with Crippen molar-refractivity contribution in [2.45, 2.75) is 50.1 Å². The van der Waals surface area contributed by atoms with E-state index in [1.807, 2.05) is 11.8 Å². The first-order chi connectivity index (χ1) is 8.29. The van der Waals surface area contributed by atoms with Crippen LogP contribution in [0.5, 0.6) is 0 Å². The maximum Gasteiger partial charge on any atom is 0.0231 e. The number of unbranched alkanes of at least 4 members (excludes halogenated alkanes) is 1. The van der Waals surface area contributed by atoms with E-state index < -0.39 is 0 Å². The van der Waals surface area contributed by atoms with Gasteiger partial charge < -0.3 is 5.32 Å². The molecule has 94 valence electrons. The van der Waals surface area contributed by atoms with Crippen molar-refractivity contribution in [1.29, 1.82) is 0 Å². The Hall–Kier alpha value is 0.01000. The largest absolute Gasteiger partial charge is 0.310 e. The molecule has 1 nitrogen and oxygen atoms in total. The Morgan fingerprint density at radius 2 is 2.24 bits per heavy atom. The van der Waals surface area contributed by atoms with E-state index in [0.717, 1.165) is 12.6 Å². The lowest BCUT2D eigenvalue weighted by Crippen LogP contribution is -2.15. The quantitative estimate of drug-likeness (QED) is 0.583. The monoisotopic (exact) mass is 313 g/mol. The fourth-order valence-electron chi connectivity index (χ4n) is 1.64. The van der Waals surface area contributed by atoms with E-state index in [1.165, 1.54) is 46.4 Å². The normalized spacial score (nSPS) is 15.2. The minimum atomic E-state index is 0.778. The Bertz CT molecular complexity index is 363. The van der Waals surface area contributed by atoms with Gasteiger partial charge in [0.05, 0.1) is 0 Å². The summed E-state index contributed by atoms with van der Waals surface area (Å²) in [6.07, 6.45) is 5.27. The van der Waals surface area contributed by atoms with E-state index in [2.05, 4.69) is 46.4 Å². The van der Waals surface area contributed by atoms with Gasteiger partial charge in [0.15, 0.2) is 0 Å². The summed E-state index contributed by atoms with van der Waals surface area (Å²) in [4.78, 5) is 1.38. The molecule has 0 atom stereocenters. The van der Waals surface area contributed by atoms with Crippen LogP contribution in [0.2, 0.25) is 0 Å². The van der Waals surface area contributed by atoms with Gasteiger partial charge in [-0.05, 0) is 42.7 Å². The second-order valence-corrected chi connectivity index (χ2v) is 6.63. The molecule has 0 saturated heterocycles. The Morgan fingerprint density at radius 1 is 1.41 bits per heavy atom. The maximum atomic E-state index is 3.67. The number of nitrogens with one attached hydrogen (secondary N) is 1. The third kappa shape index (κ3) is 4.65. The summed E-state index contributed by atoms with van der Waals surface area (Å²) in [6, 6.07) is 7.52. The molecule has 1 saturated carbocycles. The Balaban J connectivity index is 1.85. The van der Waals surface area contributed by atoms with E-state index in [0.29, 0.717) is 0 Å². The number of hydrogen-bond acceptors (Lipinski definition) is 2. The van der Waals surface area contributed by atoms with E-state index in [4.69, 9.17) is 0 Å². The predicted molar refractivity (Wildman–Crippen MR) is 79.6 cm³/mol. The highest BCUT2D eigenvalue weighted by Crippen LogP contribution is 2.27. The molecular formula is C14H20BrNS. The molecule has 0 amide bonds. The van der Waals surface area contributed by atoms with Gasteiger partial charge in [0.25, 0.3) is 0 Å². The summed E-state index contributed by atoms with van der Waals surface area (Å²) < 4.78 is 1.24. The molecule has 2 rings (SSSR count). The van der Waals surface area contributed by atoms with Crippen LogP contribution in [0.4, 0.5) is 0 Å². The Morgan fingerprint density at radius 3 is 2.88 bits per heavy atom. The standard InChI is InChI=1S/C14H20BrNS/c1-2-3-8-17-13-7-4-11(14(15)9-13)10-16-12-5-6-12/h4,7,9,12,16H,2-3,5-6,8,10H2,1H3. The maximum absolute atomic E-state index is 3.67. The van der Waals surface area contributed by atoms with Crippen LogP contribution < -0.4 is 5.32 Å². The van der Waals surface area contributed by atoms with Crippen molar-refractivity contribution in [2.75, 3.05) is 5.75 Å². The van der Waals surface area contributed by atoms with Gasteiger partial charge in [-0.1, -0.05) is 35.3 Å². The van der Waals surface area contributed by atoms with Crippen LogP contribution >= 0.6 is 27.7 Å². The molecule has 17 heavy (non-hydrogen) atoms. The van der Waals surface area contributed by atoms with Crippen LogP contribution in [-0.4, -0.2) is 11.8 Å². The summed E-state index contributed by atoms with van der Waals surface area (Å²) >= 11 is 5.63. The van der Waals surface area contributed by atoms with E-state index in [-0.39, 0.29) is 0 Å². The molecule has 0 unspecified atom stereocenters. The summed E-state index contributed by atoms with van der Waals surface area (Å²) in [5, 5.41) is 3.55. The lowest BCUT2D eigenvalue weighted by molar-refractivity contribution is 0.685. The van der Waals surface area contributed by atoms with Crippen molar-refractivity contribution in [3.8, 4) is 0 Å². The van der Waals surface area contributed by atoms with Crippen molar-refractivity contribution < 1.29 is 0 Å². The molecule has 0 spiro atoms. The molecule has 0 heterocycles. The van der Waals surface area contributed by atoms with Crippen LogP contribution in [0.3, 0.4) is 0 Å². The molecule has 1 aromatic rings. The van der Waals surface area contributed by atoms with Gasteiger partial charge in [-0.3, -0.25) is 0 Å². The lowest BCUT2D eigenvalue weighted by atomic mass is 10.2. The van der Waals surface area contributed by atoms with E-state index in [9.17, 15) is 0 Å². The van der Waals surface area contributed by atoms with Gasteiger partial charge in [-0.15, -0.1) is 11.8 Å². The minimum Gasteiger partial charge on any atom is -0.310 e. The lowest BCUT2D eigenvalue weighted by Gasteiger charge is -2.08. The van der Waals surface area contributed by atoms with Gasteiger partial charge in [0.1, 0.15) is 0 Å². The first kappa shape index (κ1) is 13.4. The molecule has 1 aliphatic rings. The fourth-order valence-corrected chi connectivity index (χ4v) is 3.34. The first-order valence-electron chi connectivity index (χ1n) is 6.44. The van der Waals surface area contributed by atoms with Crippen LogP contribution in [0.1, 0.15) is 38.2 Å². The number of rotatable bonds is 7. The zero-order valence-electron chi connectivity index (χ0n) is 10.3. The van der Waals surface area contributed by atoms with Gasteiger partial charge in [0.2, 0.25) is 0 Å². The smallest absolute Gasteiger partial charge is 0.0231 e. The average molecular weight is 314 g/mol. The van der Waals surface area contributed by atoms with Crippen molar-refractivity contribution in [2.24, 2.45) is 0 Å². The van der Waals surface area contributed by atoms with Crippen molar-refractivity contribution in [1.82, 2.24) is 5.32 Å². The molecule has 1 aliphatic carbocycles. The summed E-state index contributed by atoms with van der Waals surface area (Å²) in [7, 11) is 0. The molecule has 0 bridgehead atoms. The van der Waals surface area contributed by atoms with Gasteiger partial charge >= 0.3 is 0 Å². The van der Waals surface area contributed by atoms with Crippen molar-refractivity contribution in [3.05, 3.63) is 28.2 Å². The number of halogens is 1. The highest BCUT2D eigenvalue weighted by molar-refractivity contribution is 9.10. The second-order valence-electron chi connectivity index (χ2n) is 4.61. The third-order valence-corrected chi connectivity index (χ3v) is 4.77. The Kier molecular flexibility index (Phi) is 5.39. The van der Waals surface area contributed by atoms with Crippen LogP contribution in [0, 0.1) is 0 Å². The Labute approximate surface area is 117 Å². The molecule has 1 N–H and O–H groups in total. The molecule has 0 radical (unpaired) electrons. The fraction of sp³-hybridized carbons (Fsp3) is 0.571. The van der Waals surface area contributed by atoms with Crippen molar-refractivity contribution >= 4 is 27.7 Å². The van der Waals surface area contributed by atoms with Crippen LogP contribution in [0.25, 0.3) is 0 Å². The van der Waals surface area contributed by atoms with Crippen LogP contribution in [0.15, 0.2) is 27.6 Å². The number of benzene rings is 1. The molecule has 1 fully saturated rings. The molecular weight excluding hydrogens is 294 g/mol. The third-order valence-electron chi connectivity index (χ3n) is 2.95. The van der Waals surface area contributed by atoms with Crippen LogP contribution in [-0.2, 0) is 6.54 Å². The summed E-state index contributed by atoms with van der Waals surface area (Å²) in [5.74, 6) is 1.22. The van der Waals surface area contributed by atoms with Gasteiger partial charge in [-0.25, -0.2) is 0 Å². The first-order valence-corrected chi connectivity index (χ1v) is 8.22. The van der Waals surface area contributed by atoms with Gasteiger partial charge in [-0.2, -0.15) is 0 Å². The zero-order chi connectivity index (χ0) is 12.1. The second kappa shape index (κ2) is 6.81. The topological polar surface area (TPSA) is 12.0 Å². The predicted octanol–water partition coefficient (Wildman–Crippen LogP) is 4.59. The zero-order valence-corrected chi connectivity index (χ0v) is 12.7. The van der Waals surface area contributed by atoms with E-state index >= 15 is 0 Å². The van der Waals surface area contributed by atoms with Crippen molar-refractivity contribution in [3.63, 3.8) is 0 Å². The highest BCUT2D eigenvalue weighted by atomic mass is 79.9.